The highest BCUT2D eigenvalue weighted by molar-refractivity contribution is 7.89. The quantitative estimate of drug-likeness (QED) is 0.287. The molecule has 3 N–H and O–H groups in total. The zero-order valence-electron chi connectivity index (χ0n) is 21.8. The predicted molar refractivity (Wildman–Crippen MR) is 155 cm³/mol. The summed E-state index contributed by atoms with van der Waals surface area (Å²) in [7, 11) is -1.79. The summed E-state index contributed by atoms with van der Waals surface area (Å²) in [6, 6.07) is 6.58. The van der Waals surface area contributed by atoms with E-state index in [2.05, 4.69) is 38.6 Å². The summed E-state index contributed by atoms with van der Waals surface area (Å²) in [6.07, 6.45) is 7.21. The van der Waals surface area contributed by atoms with Gasteiger partial charge in [-0.25, -0.2) is 13.4 Å². The molecule has 40 heavy (non-hydrogen) atoms. The van der Waals surface area contributed by atoms with Crippen LogP contribution in [0.15, 0.2) is 29.3 Å². The van der Waals surface area contributed by atoms with Gasteiger partial charge in [0.2, 0.25) is 0 Å². The Labute approximate surface area is 241 Å². The Balaban J connectivity index is 1.24. The SMILES string of the molecule is C#Cc1ccc2[nH]c(S(=O)(=O)N3CCN(C(=O)c4nc5c(s4)CN(C)CC5)C(CCC4NOC(=S)N4)C3)cc2c1. The van der Waals surface area contributed by atoms with Crippen molar-refractivity contribution < 1.29 is 18.0 Å². The van der Waals surface area contributed by atoms with Gasteiger partial charge >= 0.3 is 0 Å². The van der Waals surface area contributed by atoms with Crippen molar-refractivity contribution in [1.29, 1.82) is 0 Å². The van der Waals surface area contributed by atoms with Gasteiger partial charge in [-0.05, 0) is 56.4 Å². The number of benzene rings is 1. The molecule has 2 aromatic heterocycles. The van der Waals surface area contributed by atoms with Crippen LogP contribution in [-0.4, -0.2) is 89.0 Å². The second kappa shape index (κ2) is 10.7. The molecule has 2 saturated heterocycles. The third kappa shape index (κ3) is 5.20. The number of sulfonamides is 1. The maximum Gasteiger partial charge on any atom is 0.283 e. The van der Waals surface area contributed by atoms with Crippen molar-refractivity contribution in [3.05, 3.63) is 45.4 Å². The van der Waals surface area contributed by atoms with Gasteiger partial charge in [0, 0.05) is 66.5 Å². The van der Waals surface area contributed by atoms with E-state index < -0.39 is 10.0 Å². The number of thiazole rings is 1. The van der Waals surface area contributed by atoms with E-state index in [-0.39, 0.29) is 47.9 Å². The fourth-order valence-corrected chi connectivity index (χ4v) is 8.20. The zero-order chi connectivity index (χ0) is 28.0. The molecule has 5 heterocycles. The number of nitrogens with zero attached hydrogens (tertiary/aromatic N) is 4. The predicted octanol–water partition coefficient (Wildman–Crippen LogP) is 1.62. The van der Waals surface area contributed by atoms with Crippen molar-refractivity contribution in [2.24, 2.45) is 0 Å². The van der Waals surface area contributed by atoms with E-state index in [9.17, 15) is 13.2 Å². The monoisotopic (exact) mass is 599 g/mol. The lowest BCUT2D eigenvalue weighted by atomic mass is 10.1. The van der Waals surface area contributed by atoms with Gasteiger partial charge in [-0.2, -0.15) is 4.31 Å². The summed E-state index contributed by atoms with van der Waals surface area (Å²) in [5.41, 5.74) is 5.18. The summed E-state index contributed by atoms with van der Waals surface area (Å²) >= 11 is 6.48. The lowest BCUT2D eigenvalue weighted by Gasteiger charge is -2.40. The maximum atomic E-state index is 13.8. The molecule has 3 aromatic rings. The molecule has 0 saturated carbocycles. The molecule has 11 nitrogen and oxygen atoms in total. The summed E-state index contributed by atoms with van der Waals surface area (Å²) in [5, 5.41) is 4.58. The molecule has 0 aliphatic carbocycles. The van der Waals surface area contributed by atoms with E-state index in [0.29, 0.717) is 28.9 Å². The first kappa shape index (κ1) is 27.1. The second-order valence-corrected chi connectivity index (χ2v) is 13.6. The normalized spacial score (nSPS) is 22.1. The van der Waals surface area contributed by atoms with Crippen molar-refractivity contribution in [2.75, 3.05) is 33.2 Å². The molecule has 2 unspecified atom stereocenters. The number of hydrogen-bond acceptors (Lipinski definition) is 9. The molecule has 210 valence electrons. The zero-order valence-corrected chi connectivity index (χ0v) is 24.3. The fourth-order valence-electron chi connectivity index (χ4n) is 5.39. The van der Waals surface area contributed by atoms with Gasteiger partial charge in [-0.15, -0.1) is 23.2 Å². The molecular formula is C26H29N7O4S3. The number of thiocarbonyl (C=S) groups is 1. The third-order valence-corrected chi connectivity index (χ3v) is 10.6. The number of nitrogens with one attached hydrogen (secondary N) is 3. The Morgan fingerprint density at radius 2 is 2.12 bits per heavy atom. The van der Waals surface area contributed by atoms with Gasteiger partial charge in [0.05, 0.1) is 5.69 Å². The second-order valence-electron chi connectivity index (χ2n) is 10.3. The molecule has 0 spiro atoms. The van der Waals surface area contributed by atoms with Crippen LogP contribution in [-0.2, 0) is 27.8 Å². The highest BCUT2D eigenvalue weighted by Gasteiger charge is 2.39. The van der Waals surface area contributed by atoms with Crippen molar-refractivity contribution in [3.8, 4) is 12.3 Å². The highest BCUT2D eigenvalue weighted by atomic mass is 32.2. The van der Waals surface area contributed by atoms with Crippen LogP contribution >= 0.6 is 23.6 Å². The van der Waals surface area contributed by atoms with Crippen LogP contribution in [0.25, 0.3) is 10.9 Å². The van der Waals surface area contributed by atoms with Crippen LogP contribution < -0.4 is 10.8 Å². The fraction of sp³-hybridized carbons (Fsp3) is 0.423. The summed E-state index contributed by atoms with van der Waals surface area (Å²) in [6.45, 7) is 2.28. The number of amides is 1. The first-order valence-electron chi connectivity index (χ1n) is 13.0. The topological polar surface area (TPSA) is 123 Å². The molecule has 6 rings (SSSR count). The van der Waals surface area contributed by atoms with Crippen LogP contribution in [0.1, 0.15) is 38.8 Å². The Kier molecular flexibility index (Phi) is 7.28. The molecule has 14 heteroatoms. The molecule has 2 fully saturated rings. The molecular weight excluding hydrogens is 571 g/mol. The van der Waals surface area contributed by atoms with Crippen molar-refractivity contribution in [1.82, 2.24) is 34.9 Å². The smallest absolute Gasteiger partial charge is 0.283 e. The van der Waals surface area contributed by atoms with E-state index in [4.69, 9.17) is 23.5 Å². The Morgan fingerprint density at radius 3 is 2.90 bits per heavy atom. The van der Waals surface area contributed by atoms with Crippen LogP contribution in [0.3, 0.4) is 0 Å². The van der Waals surface area contributed by atoms with Gasteiger partial charge in [0.1, 0.15) is 11.2 Å². The number of terminal acetylenes is 1. The molecule has 0 bridgehead atoms. The number of carbonyl (C=O) groups is 1. The Morgan fingerprint density at radius 1 is 1.27 bits per heavy atom. The van der Waals surface area contributed by atoms with Crippen LogP contribution in [0.2, 0.25) is 0 Å². The molecule has 1 amide bonds. The van der Waals surface area contributed by atoms with E-state index in [1.54, 1.807) is 29.2 Å². The average Bonchev–Trinajstić information content (AvgIpc) is 3.68. The standard InChI is InChI=1S/C26H29N7O4S3/c1-3-16-4-6-19-17(12-16)13-23(27-19)40(35,36)32-10-11-33(18(14-32)5-7-22-29-26(38)37-30-22)25(34)24-28-20-8-9-31(2)15-21(20)39-24/h1,4,6,12-13,18,22,27,30H,5,7-11,14-15H2,2H3,(H,29,38). The van der Waals surface area contributed by atoms with E-state index in [1.165, 1.54) is 15.6 Å². The van der Waals surface area contributed by atoms with Gasteiger partial charge in [0.25, 0.3) is 21.1 Å². The lowest BCUT2D eigenvalue weighted by molar-refractivity contribution is 0.0535. The number of aromatic amines is 1. The number of fused-ring (bicyclic) bond motifs is 2. The number of hydrogen-bond donors (Lipinski definition) is 3. The number of likely N-dealkylation sites (N-methyl/N-ethyl adjacent to an activating group) is 1. The van der Waals surface area contributed by atoms with Crippen molar-refractivity contribution in [2.45, 2.75) is 43.0 Å². The van der Waals surface area contributed by atoms with E-state index in [1.807, 2.05) is 0 Å². The van der Waals surface area contributed by atoms with Crippen molar-refractivity contribution >= 4 is 55.6 Å². The first-order chi connectivity index (χ1) is 19.2. The molecule has 3 aliphatic heterocycles. The van der Waals surface area contributed by atoms with E-state index >= 15 is 0 Å². The van der Waals surface area contributed by atoms with Gasteiger partial charge < -0.3 is 24.9 Å². The average molecular weight is 600 g/mol. The van der Waals surface area contributed by atoms with Crippen LogP contribution in [0.5, 0.6) is 0 Å². The van der Waals surface area contributed by atoms with Gasteiger partial charge in [-0.1, -0.05) is 5.92 Å². The van der Waals surface area contributed by atoms with Crippen LogP contribution in [0, 0.1) is 12.3 Å². The number of rotatable bonds is 6. The number of carbonyl (C=O) groups excluding carboxylic acids is 1. The number of aromatic nitrogens is 2. The molecule has 3 aliphatic rings. The van der Waals surface area contributed by atoms with E-state index in [0.717, 1.165) is 35.5 Å². The Bertz CT molecular complexity index is 1630. The summed E-state index contributed by atoms with van der Waals surface area (Å²) in [4.78, 5) is 31.7. The number of H-pyrrole nitrogens is 1. The van der Waals surface area contributed by atoms with Gasteiger partial charge in [0.15, 0.2) is 5.01 Å². The minimum atomic E-state index is -3.85. The molecule has 2 atom stereocenters. The molecule has 1 aromatic carbocycles. The number of piperazine rings is 1. The highest BCUT2D eigenvalue weighted by Crippen LogP contribution is 2.29. The number of hydroxylamine groups is 1. The lowest BCUT2D eigenvalue weighted by Crippen LogP contribution is -2.56. The largest absolute Gasteiger partial charge is 0.376 e. The maximum absolute atomic E-state index is 13.8. The van der Waals surface area contributed by atoms with Crippen LogP contribution in [0.4, 0.5) is 0 Å². The summed E-state index contributed by atoms with van der Waals surface area (Å²) < 4.78 is 28.9. The first-order valence-corrected chi connectivity index (χ1v) is 15.7. The molecule has 0 radical (unpaired) electrons. The summed E-state index contributed by atoms with van der Waals surface area (Å²) in [5.74, 6) is 2.42. The third-order valence-electron chi connectivity index (χ3n) is 7.57. The minimum absolute atomic E-state index is 0.102. The minimum Gasteiger partial charge on any atom is -0.376 e. The Hall–Kier alpha value is -3.06. The van der Waals surface area contributed by atoms with Crippen molar-refractivity contribution in [3.63, 3.8) is 0 Å². The van der Waals surface area contributed by atoms with Gasteiger partial charge in [-0.3, -0.25) is 4.79 Å².